The number of benzene rings is 1. The summed E-state index contributed by atoms with van der Waals surface area (Å²) in [5.74, 6) is 0. The van der Waals surface area contributed by atoms with E-state index in [9.17, 15) is 0 Å². The van der Waals surface area contributed by atoms with Gasteiger partial charge >= 0.3 is 0 Å². The van der Waals surface area contributed by atoms with E-state index in [1.165, 1.54) is 11.1 Å². The molecule has 2 N–H and O–H groups in total. The molecule has 1 atom stereocenters. The van der Waals surface area contributed by atoms with Gasteiger partial charge in [-0.25, -0.2) is 0 Å². The van der Waals surface area contributed by atoms with E-state index in [1.807, 2.05) is 0 Å². The Balaban J connectivity index is 2.15. The Bertz CT molecular complexity index is 382. The predicted molar refractivity (Wildman–Crippen MR) is 81.0 cm³/mol. The van der Waals surface area contributed by atoms with Gasteiger partial charge in [0.25, 0.3) is 0 Å². The van der Waals surface area contributed by atoms with Gasteiger partial charge in [0.1, 0.15) is 0 Å². The molecule has 0 spiro atoms. The fourth-order valence-electron chi connectivity index (χ4n) is 2.05. The van der Waals surface area contributed by atoms with Crippen molar-refractivity contribution in [1.29, 1.82) is 0 Å². The van der Waals surface area contributed by atoms with Crippen LogP contribution in [-0.4, -0.2) is 40.1 Å². The molecule has 0 amide bonds. The quantitative estimate of drug-likeness (QED) is 0.669. The molecule has 0 aromatic heterocycles. The Hall–Kier alpha value is -0.940. The molecule has 0 bridgehead atoms. The van der Waals surface area contributed by atoms with Crippen molar-refractivity contribution in [2.24, 2.45) is 5.73 Å². The zero-order valence-electron chi connectivity index (χ0n) is 12.9. The summed E-state index contributed by atoms with van der Waals surface area (Å²) in [6.45, 7) is 7.36. The highest BCUT2D eigenvalue weighted by Crippen LogP contribution is 2.17. The predicted octanol–water partition coefficient (Wildman–Crippen LogP) is 2.37. The Kier molecular flexibility index (Phi) is 8.46. The van der Waals surface area contributed by atoms with Gasteiger partial charge in [-0.1, -0.05) is 23.8 Å². The van der Waals surface area contributed by atoms with Gasteiger partial charge in [-0.2, -0.15) is 0 Å². The SMILES string of the molecule is COCCOCCCOCC(N)c1ccc(C)cc1C. The highest BCUT2D eigenvalue weighted by Gasteiger charge is 2.08. The van der Waals surface area contributed by atoms with Crippen LogP contribution in [0.25, 0.3) is 0 Å². The monoisotopic (exact) mass is 281 g/mol. The fraction of sp³-hybridized carbons (Fsp3) is 0.625. The fourth-order valence-corrected chi connectivity index (χ4v) is 2.05. The summed E-state index contributed by atoms with van der Waals surface area (Å²) in [5.41, 5.74) is 9.80. The molecule has 0 fully saturated rings. The Labute approximate surface area is 122 Å². The van der Waals surface area contributed by atoms with Crippen molar-refractivity contribution in [3.8, 4) is 0 Å². The van der Waals surface area contributed by atoms with Crippen LogP contribution in [-0.2, 0) is 14.2 Å². The lowest BCUT2D eigenvalue weighted by molar-refractivity contribution is 0.0491. The van der Waals surface area contributed by atoms with E-state index in [-0.39, 0.29) is 6.04 Å². The van der Waals surface area contributed by atoms with Crippen LogP contribution < -0.4 is 5.73 Å². The Morgan fingerprint density at radius 2 is 1.80 bits per heavy atom. The molecule has 114 valence electrons. The molecule has 0 radical (unpaired) electrons. The minimum absolute atomic E-state index is 0.0648. The van der Waals surface area contributed by atoms with Crippen molar-refractivity contribution >= 4 is 0 Å². The van der Waals surface area contributed by atoms with E-state index >= 15 is 0 Å². The second-order valence-electron chi connectivity index (χ2n) is 5.00. The van der Waals surface area contributed by atoms with Gasteiger partial charge in [0.15, 0.2) is 0 Å². The molecule has 0 aliphatic carbocycles. The maximum Gasteiger partial charge on any atom is 0.0700 e. The van der Waals surface area contributed by atoms with Crippen LogP contribution in [0.5, 0.6) is 0 Å². The standard InChI is InChI=1S/C16H27NO3/c1-13-5-6-15(14(2)11-13)16(17)12-20-8-4-7-19-10-9-18-3/h5-6,11,16H,4,7-10,12,17H2,1-3H3. The minimum Gasteiger partial charge on any atom is -0.382 e. The number of methoxy groups -OCH3 is 1. The zero-order chi connectivity index (χ0) is 14.8. The molecular formula is C16H27NO3. The maximum absolute atomic E-state index is 6.15. The summed E-state index contributed by atoms with van der Waals surface area (Å²) < 4.78 is 15.9. The summed E-state index contributed by atoms with van der Waals surface area (Å²) in [6, 6.07) is 6.27. The van der Waals surface area contributed by atoms with Crippen LogP contribution in [0, 0.1) is 13.8 Å². The Morgan fingerprint density at radius 3 is 2.50 bits per heavy atom. The first-order valence-electron chi connectivity index (χ1n) is 7.12. The summed E-state index contributed by atoms with van der Waals surface area (Å²) in [7, 11) is 1.67. The van der Waals surface area contributed by atoms with Crippen LogP contribution in [0.2, 0.25) is 0 Å². The van der Waals surface area contributed by atoms with Gasteiger partial charge in [0.2, 0.25) is 0 Å². The zero-order valence-corrected chi connectivity index (χ0v) is 12.9. The molecule has 1 unspecified atom stereocenters. The van der Waals surface area contributed by atoms with E-state index < -0.39 is 0 Å². The van der Waals surface area contributed by atoms with Crippen molar-refractivity contribution in [3.05, 3.63) is 34.9 Å². The third-order valence-electron chi connectivity index (χ3n) is 3.13. The average molecular weight is 281 g/mol. The molecule has 0 saturated heterocycles. The van der Waals surface area contributed by atoms with Crippen LogP contribution in [0.4, 0.5) is 0 Å². The maximum atomic E-state index is 6.15. The molecule has 0 aliphatic heterocycles. The average Bonchev–Trinajstić information content (AvgIpc) is 2.41. The van der Waals surface area contributed by atoms with E-state index in [0.29, 0.717) is 33.0 Å². The van der Waals surface area contributed by atoms with Crippen LogP contribution in [0.1, 0.15) is 29.2 Å². The van der Waals surface area contributed by atoms with E-state index in [2.05, 4.69) is 32.0 Å². The molecule has 0 aliphatic rings. The second kappa shape index (κ2) is 9.88. The van der Waals surface area contributed by atoms with Gasteiger partial charge in [0.05, 0.1) is 25.9 Å². The lowest BCUT2D eigenvalue weighted by Gasteiger charge is -2.15. The third-order valence-corrected chi connectivity index (χ3v) is 3.13. The summed E-state index contributed by atoms with van der Waals surface area (Å²) in [4.78, 5) is 0. The van der Waals surface area contributed by atoms with E-state index in [0.717, 1.165) is 12.0 Å². The molecule has 1 aromatic rings. The van der Waals surface area contributed by atoms with Gasteiger partial charge in [0, 0.05) is 20.3 Å². The van der Waals surface area contributed by atoms with Crippen molar-refractivity contribution in [1.82, 2.24) is 0 Å². The van der Waals surface area contributed by atoms with Gasteiger partial charge in [-0.3, -0.25) is 0 Å². The largest absolute Gasteiger partial charge is 0.382 e. The van der Waals surface area contributed by atoms with E-state index in [4.69, 9.17) is 19.9 Å². The molecule has 0 saturated carbocycles. The first-order chi connectivity index (χ1) is 9.65. The number of ether oxygens (including phenoxy) is 3. The highest BCUT2D eigenvalue weighted by atomic mass is 16.5. The van der Waals surface area contributed by atoms with Crippen LogP contribution in [0.15, 0.2) is 18.2 Å². The Morgan fingerprint density at radius 1 is 1.05 bits per heavy atom. The highest BCUT2D eigenvalue weighted by molar-refractivity contribution is 5.32. The molecule has 1 aromatic carbocycles. The third kappa shape index (κ3) is 6.48. The molecule has 4 heteroatoms. The minimum atomic E-state index is -0.0648. The first kappa shape index (κ1) is 17.1. The number of rotatable bonds is 10. The van der Waals surface area contributed by atoms with Crippen LogP contribution >= 0.6 is 0 Å². The number of aryl methyl sites for hydroxylation is 2. The van der Waals surface area contributed by atoms with Crippen molar-refractivity contribution in [2.75, 3.05) is 40.1 Å². The van der Waals surface area contributed by atoms with Crippen molar-refractivity contribution < 1.29 is 14.2 Å². The summed E-state index contributed by atoms with van der Waals surface area (Å²) in [6.07, 6.45) is 0.878. The number of nitrogens with two attached hydrogens (primary N) is 1. The van der Waals surface area contributed by atoms with Gasteiger partial charge in [-0.05, 0) is 31.4 Å². The first-order valence-corrected chi connectivity index (χ1v) is 7.12. The van der Waals surface area contributed by atoms with Crippen molar-refractivity contribution in [2.45, 2.75) is 26.3 Å². The molecule has 0 heterocycles. The van der Waals surface area contributed by atoms with E-state index in [1.54, 1.807) is 7.11 Å². The topological polar surface area (TPSA) is 53.7 Å². The molecule has 1 rings (SSSR count). The number of hydrogen-bond donors (Lipinski definition) is 1. The summed E-state index contributed by atoms with van der Waals surface area (Å²) >= 11 is 0. The second-order valence-corrected chi connectivity index (χ2v) is 5.00. The van der Waals surface area contributed by atoms with Gasteiger partial charge in [-0.15, -0.1) is 0 Å². The number of hydrogen-bond acceptors (Lipinski definition) is 4. The smallest absolute Gasteiger partial charge is 0.0700 e. The molecule has 20 heavy (non-hydrogen) atoms. The lowest BCUT2D eigenvalue weighted by Crippen LogP contribution is -2.19. The molecular weight excluding hydrogens is 254 g/mol. The normalized spacial score (nSPS) is 12.6. The summed E-state index contributed by atoms with van der Waals surface area (Å²) in [5, 5.41) is 0. The van der Waals surface area contributed by atoms with Gasteiger partial charge < -0.3 is 19.9 Å². The van der Waals surface area contributed by atoms with Crippen molar-refractivity contribution in [3.63, 3.8) is 0 Å². The molecule has 4 nitrogen and oxygen atoms in total. The lowest BCUT2D eigenvalue weighted by atomic mass is 10.0. The van der Waals surface area contributed by atoms with Crippen LogP contribution in [0.3, 0.4) is 0 Å².